The number of imide groups is 1. The first kappa shape index (κ1) is 19.8. The summed E-state index contributed by atoms with van der Waals surface area (Å²) in [5.41, 5.74) is 3.37. The molecule has 3 aromatic carbocycles. The van der Waals surface area contributed by atoms with Crippen molar-refractivity contribution in [3.8, 4) is 11.5 Å². The van der Waals surface area contributed by atoms with Gasteiger partial charge in [-0.3, -0.25) is 9.59 Å². The average Bonchev–Trinajstić information content (AvgIpc) is 3.01. The van der Waals surface area contributed by atoms with E-state index in [2.05, 4.69) is 0 Å². The van der Waals surface area contributed by atoms with Crippen molar-refractivity contribution in [2.75, 3.05) is 4.90 Å². The van der Waals surface area contributed by atoms with Gasteiger partial charge < -0.3 is 9.84 Å². The molecule has 0 saturated carbocycles. The van der Waals surface area contributed by atoms with Crippen LogP contribution in [0.15, 0.2) is 77.7 Å². The molecule has 2 amide bonds. The van der Waals surface area contributed by atoms with Crippen molar-refractivity contribution in [3.63, 3.8) is 0 Å². The van der Waals surface area contributed by atoms with Gasteiger partial charge in [0.1, 0.15) is 18.1 Å². The number of amides is 2. The Bertz CT molecular complexity index is 1140. The predicted octanol–water partition coefficient (Wildman–Crippen LogP) is 5.52. The number of nitrogens with zero attached hydrogens (tertiary/aromatic N) is 1. The van der Waals surface area contributed by atoms with E-state index in [4.69, 9.17) is 4.74 Å². The van der Waals surface area contributed by atoms with E-state index in [-0.39, 0.29) is 5.75 Å². The number of aromatic hydroxyl groups is 1. The second kappa shape index (κ2) is 8.47. The van der Waals surface area contributed by atoms with Crippen molar-refractivity contribution >= 4 is 34.7 Å². The van der Waals surface area contributed by atoms with E-state index in [1.165, 1.54) is 17.7 Å². The summed E-state index contributed by atoms with van der Waals surface area (Å²) in [6.07, 6.45) is 1.67. The Hall–Kier alpha value is -3.51. The molecular formula is C24H19NO4S. The summed E-state index contributed by atoms with van der Waals surface area (Å²) in [6.45, 7) is 2.48. The zero-order chi connectivity index (χ0) is 21.1. The van der Waals surface area contributed by atoms with Gasteiger partial charge in [-0.15, -0.1) is 0 Å². The Kier molecular flexibility index (Phi) is 5.59. The standard InChI is InChI=1S/C24H19NO4S/c1-16-8-10-17(11-9-16)15-29-21-7-2-4-18(12-21)13-22-23(27)25(24(28)30-22)19-5-3-6-20(26)14-19/h2-14,26H,15H2,1H3/b22-13-. The molecule has 1 saturated heterocycles. The zero-order valence-corrected chi connectivity index (χ0v) is 17.1. The maximum Gasteiger partial charge on any atom is 0.298 e. The van der Waals surface area contributed by atoms with Crippen LogP contribution >= 0.6 is 11.8 Å². The van der Waals surface area contributed by atoms with E-state index in [9.17, 15) is 14.7 Å². The summed E-state index contributed by atoms with van der Waals surface area (Å²) >= 11 is 0.871. The van der Waals surface area contributed by atoms with Crippen LogP contribution in [0.3, 0.4) is 0 Å². The summed E-state index contributed by atoms with van der Waals surface area (Å²) < 4.78 is 5.86. The van der Waals surface area contributed by atoms with Crippen LogP contribution in [0.1, 0.15) is 16.7 Å². The lowest BCUT2D eigenvalue weighted by Crippen LogP contribution is -2.27. The predicted molar refractivity (Wildman–Crippen MR) is 119 cm³/mol. The number of hydrogen-bond donors (Lipinski definition) is 1. The van der Waals surface area contributed by atoms with E-state index in [0.29, 0.717) is 22.9 Å². The van der Waals surface area contributed by atoms with Crippen LogP contribution in [-0.2, 0) is 11.4 Å². The molecule has 5 nitrogen and oxygen atoms in total. The third kappa shape index (κ3) is 4.39. The molecule has 0 spiro atoms. The summed E-state index contributed by atoms with van der Waals surface area (Å²) in [5.74, 6) is 0.257. The highest BCUT2D eigenvalue weighted by Gasteiger charge is 2.36. The van der Waals surface area contributed by atoms with E-state index in [0.717, 1.165) is 27.8 Å². The van der Waals surface area contributed by atoms with Gasteiger partial charge in [-0.25, -0.2) is 4.90 Å². The molecule has 1 aliphatic heterocycles. The lowest BCUT2D eigenvalue weighted by atomic mass is 10.1. The van der Waals surface area contributed by atoms with Crippen LogP contribution in [0.2, 0.25) is 0 Å². The third-order valence-electron chi connectivity index (χ3n) is 4.56. The number of aryl methyl sites for hydroxylation is 1. The Morgan fingerprint density at radius 3 is 2.53 bits per heavy atom. The molecule has 30 heavy (non-hydrogen) atoms. The number of phenolic OH excluding ortho intramolecular Hbond substituents is 1. The number of benzene rings is 3. The summed E-state index contributed by atoms with van der Waals surface area (Å²) in [6, 6.07) is 21.6. The molecule has 1 N–H and O–H groups in total. The highest BCUT2D eigenvalue weighted by molar-refractivity contribution is 8.19. The summed E-state index contributed by atoms with van der Waals surface area (Å²) in [7, 11) is 0. The maximum atomic E-state index is 12.8. The van der Waals surface area contributed by atoms with Crippen molar-refractivity contribution in [3.05, 3.63) is 94.4 Å². The number of hydrogen-bond acceptors (Lipinski definition) is 5. The van der Waals surface area contributed by atoms with Crippen molar-refractivity contribution in [1.82, 2.24) is 0 Å². The van der Waals surface area contributed by atoms with Crippen LogP contribution in [0, 0.1) is 6.92 Å². The van der Waals surface area contributed by atoms with Gasteiger partial charge in [-0.05, 0) is 60.2 Å². The number of carbonyl (C=O) groups is 2. The highest BCUT2D eigenvalue weighted by Crippen LogP contribution is 2.36. The smallest absolute Gasteiger partial charge is 0.298 e. The molecule has 0 unspecified atom stereocenters. The fourth-order valence-electron chi connectivity index (χ4n) is 3.02. The van der Waals surface area contributed by atoms with Crippen LogP contribution in [-0.4, -0.2) is 16.3 Å². The molecular weight excluding hydrogens is 398 g/mol. The highest BCUT2D eigenvalue weighted by atomic mass is 32.2. The van der Waals surface area contributed by atoms with Crippen molar-refractivity contribution in [2.45, 2.75) is 13.5 Å². The molecule has 1 heterocycles. The van der Waals surface area contributed by atoms with Gasteiger partial charge in [0.15, 0.2) is 0 Å². The Labute approximate surface area is 178 Å². The monoisotopic (exact) mass is 417 g/mol. The van der Waals surface area contributed by atoms with Gasteiger partial charge >= 0.3 is 0 Å². The second-order valence-corrected chi connectivity index (χ2v) is 7.88. The van der Waals surface area contributed by atoms with E-state index in [1.807, 2.05) is 55.5 Å². The zero-order valence-electron chi connectivity index (χ0n) is 16.2. The maximum absolute atomic E-state index is 12.8. The van der Waals surface area contributed by atoms with E-state index < -0.39 is 11.1 Å². The topological polar surface area (TPSA) is 66.8 Å². The Morgan fingerprint density at radius 2 is 1.77 bits per heavy atom. The first-order valence-electron chi connectivity index (χ1n) is 9.35. The number of carbonyl (C=O) groups excluding carboxylic acids is 2. The van der Waals surface area contributed by atoms with Gasteiger partial charge in [0.25, 0.3) is 11.1 Å². The molecule has 3 aromatic rings. The lowest BCUT2D eigenvalue weighted by Gasteiger charge is -2.12. The van der Waals surface area contributed by atoms with Gasteiger partial charge in [0.2, 0.25) is 0 Å². The molecule has 0 bridgehead atoms. The number of ether oxygens (including phenoxy) is 1. The second-order valence-electron chi connectivity index (χ2n) is 6.88. The number of phenols is 1. The lowest BCUT2D eigenvalue weighted by molar-refractivity contribution is -0.113. The molecule has 1 fully saturated rings. The summed E-state index contributed by atoms with van der Waals surface area (Å²) in [4.78, 5) is 26.5. The quantitative estimate of drug-likeness (QED) is 0.554. The SMILES string of the molecule is Cc1ccc(COc2cccc(/C=C3\SC(=O)N(c4cccc(O)c4)C3=O)c2)cc1. The third-order valence-corrected chi connectivity index (χ3v) is 5.43. The molecule has 0 aliphatic carbocycles. The molecule has 1 aliphatic rings. The van der Waals surface area contributed by atoms with Crippen molar-refractivity contribution in [1.29, 1.82) is 0 Å². The Morgan fingerprint density at radius 1 is 1.00 bits per heavy atom. The average molecular weight is 417 g/mol. The minimum absolute atomic E-state index is 0.00560. The van der Waals surface area contributed by atoms with Crippen molar-refractivity contribution in [2.24, 2.45) is 0 Å². The van der Waals surface area contributed by atoms with Crippen LogP contribution in [0.4, 0.5) is 10.5 Å². The molecule has 150 valence electrons. The fraction of sp³-hybridized carbons (Fsp3) is 0.0833. The fourth-order valence-corrected chi connectivity index (χ4v) is 3.86. The van der Waals surface area contributed by atoms with E-state index >= 15 is 0 Å². The summed E-state index contributed by atoms with van der Waals surface area (Å²) in [5, 5.41) is 9.24. The number of rotatable bonds is 5. The van der Waals surface area contributed by atoms with Gasteiger partial charge in [-0.2, -0.15) is 0 Å². The van der Waals surface area contributed by atoms with Crippen molar-refractivity contribution < 1.29 is 19.4 Å². The van der Waals surface area contributed by atoms with Gasteiger partial charge in [0, 0.05) is 6.07 Å². The molecule has 0 radical (unpaired) electrons. The first-order valence-corrected chi connectivity index (χ1v) is 10.2. The number of thioether (sulfide) groups is 1. The van der Waals surface area contributed by atoms with Gasteiger partial charge in [0.05, 0.1) is 10.6 Å². The largest absolute Gasteiger partial charge is 0.508 e. The van der Waals surface area contributed by atoms with Crippen LogP contribution in [0.25, 0.3) is 6.08 Å². The molecule has 0 aromatic heterocycles. The van der Waals surface area contributed by atoms with E-state index in [1.54, 1.807) is 18.2 Å². The van der Waals surface area contributed by atoms with Crippen LogP contribution in [0.5, 0.6) is 11.5 Å². The number of anilines is 1. The molecule has 0 atom stereocenters. The first-order chi connectivity index (χ1) is 14.5. The minimum Gasteiger partial charge on any atom is -0.508 e. The Balaban J connectivity index is 1.50. The molecule has 4 rings (SSSR count). The minimum atomic E-state index is -0.415. The van der Waals surface area contributed by atoms with Gasteiger partial charge in [-0.1, -0.05) is 48.0 Å². The molecule has 6 heteroatoms. The van der Waals surface area contributed by atoms with Crippen LogP contribution < -0.4 is 9.64 Å². The normalized spacial score (nSPS) is 15.1.